The second kappa shape index (κ2) is 5.05. The summed E-state index contributed by atoms with van der Waals surface area (Å²) in [4.78, 5) is 2.57. The van der Waals surface area contributed by atoms with Gasteiger partial charge in [-0.1, -0.05) is 19.3 Å². The lowest BCUT2D eigenvalue weighted by Crippen LogP contribution is -2.53. The van der Waals surface area contributed by atoms with Crippen LogP contribution in [0.25, 0.3) is 0 Å². The van der Waals surface area contributed by atoms with Crippen LogP contribution in [0.5, 0.6) is 0 Å². The van der Waals surface area contributed by atoms with Crippen LogP contribution in [0.1, 0.15) is 51.9 Å². The van der Waals surface area contributed by atoms with Crippen LogP contribution in [0.3, 0.4) is 0 Å². The average Bonchev–Trinajstić information content (AvgIpc) is 3.13. The molecule has 0 saturated heterocycles. The van der Waals surface area contributed by atoms with E-state index >= 15 is 0 Å². The molecule has 2 saturated carbocycles. The third-order valence-electron chi connectivity index (χ3n) is 5.00. The standard InChI is InChI=1S/C14H28N2/c1-14(11-15,13-8-9-13)16(2)10-12-6-4-3-5-7-12/h12-13H,3-11,15H2,1-2H3. The molecule has 2 fully saturated rings. The molecule has 0 aromatic heterocycles. The van der Waals surface area contributed by atoms with Crippen molar-refractivity contribution in [2.75, 3.05) is 20.1 Å². The maximum absolute atomic E-state index is 6.01. The van der Waals surface area contributed by atoms with Crippen LogP contribution in [0.4, 0.5) is 0 Å². The van der Waals surface area contributed by atoms with Gasteiger partial charge in [-0.25, -0.2) is 0 Å². The quantitative estimate of drug-likeness (QED) is 0.778. The van der Waals surface area contributed by atoms with Gasteiger partial charge in [-0.3, -0.25) is 4.90 Å². The van der Waals surface area contributed by atoms with Crippen molar-refractivity contribution < 1.29 is 0 Å². The third kappa shape index (κ3) is 2.60. The van der Waals surface area contributed by atoms with E-state index in [0.717, 1.165) is 18.4 Å². The van der Waals surface area contributed by atoms with E-state index in [2.05, 4.69) is 18.9 Å². The van der Waals surface area contributed by atoms with Crippen LogP contribution in [0.2, 0.25) is 0 Å². The number of nitrogens with two attached hydrogens (primary N) is 1. The molecule has 2 aliphatic rings. The zero-order chi connectivity index (χ0) is 11.6. The summed E-state index contributed by atoms with van der Waals surface area (Å²) in [7, 11) is 2.29. The van der Waals surface area contributed by atoms with E-state index in [-0.39, 0.29) is 5.54 Å². The Hall–Kier alpha value is -0.0800. The van der Waals surface area contributed by atoms with Crippen molar-refractivity contribution in [2.45, 2.75) is 57.4 Å². The zero-order valence-corrected chi connectivity index (χ0v) is 11.0. The summed E-state index contributed by atoms with van der Waals surface area (Å²) < 4.78 is 0. The minimum atomic E-state index is 0.275. The first kappa shape index (κ1) is 12.4. The summed E-state index contributed by atoms with van der Waals surface area (Å²) in [6, 6.07) is 0. The summed E-state index contributed by atoms with van der Waals surface area (Å²) in [5, 5.41) is 0. The SMILES string of the molecule is CN(CC1CCCCC1)C(C)(CN)C1CC1. The van der Waals surface area contributed by atoms with Gasteiger partial charge in [0.2, 0.25) is 0 Å². The molecule has 2 rings (SSSR count). The first-order valence-corrected chi connectivity index (χ1v) is 7.08. The molecule has 0 aromatic carbocycles. The predicted octanol–water partition coefficient (Wildman–Crippen LogP) is 2.63. The van der Waals surface area contributed by atoms with Gasteiger partial charge >= 0.3 is 0 Å². The van der Waals surface area contributed by atoms with E-state index in [0.29, 0.717) is 0 Å². The van der Waals surface area contributed by atoms with E-state index in [9.17, 15) is 0 Å². The normalized spacial score (nSPS) is 27.0. The Morgan fingerprint density at radius 2 is 1.75 bits per heavy atom. The second-order valence-electron chi connectivity index (χ2n) is 6.22. The van der Waals surface area contributed by atoms with Crippen LogP contribution in [-0.4, -0.2) is 30.6 Å². The highest BCUT2D eigenvalue weighted by Crippen LogP contribution is 2.42. The molecule has 16 heavy (non-hydrogen) atoms. The van der Waals surface area contributed by atoms with Gasteiger partial charge in [-0.05, 0) is 51.5 Å². The summed E-state index contributed by atoms with van der Waals surface area (Å²) in [5.41, 5.74) is 6.29. The van der Waals surface area contributed by atoms with Crippen LogP contribution >= 0.6 is 0 Å². The first-order valence-electron chi connectivity index (χ1n) is 7.08. The summed E-state index contributed by atoms with van der Waals surface area (Å²) in [5.74, 6) is 1.80. The number of nitrogens with zero attached hydrogens (tertiary/aromatic N) is 1. The fourth-order valence-corrected chi connectivity index (χ4v) is 3.30. The number of hydrogen-bond acceptors (Lipinski definition) is 2. The van der Waals surface area contributed by atoms with Crippen LogP contribution in [0.15, 0.2) is 0 Å². The highest BCUT2D eigenvalue weighted by atomic mass is 15.2. The average molecular weight is 224 g/mol. The molecule has 1 unspecified atom stereocenters. The molecule has 0 aliphatic heterocycles. The van der Waals surface area contributed by atoms with E-state index in [1.807, 2.05) is 0 Å². The molecule has 0 heterocycles. The predicted molar refractivity (Wildman–Crippen MR) is 69.4 cm³/mol. The summed E-state index contributed by atoms with van der Waals surface area (Å²) in [6.07, 6.45) is 10.0. The molecule has 0 amide bonds. The molecular weight excluding hydrogens is 196 g/mol. The molecule has 0 aromatic rings. The van der Waals surface area contributed by atoms with E-state index in [4.69, 9.17) is 5.73 Å². The Kier molecular flexibility index (Phi) is 3.91. The van der Waals surface area contributed by atoms with Gasteiger partial charge in [-0.2, -0.15) is 0 Å². The molecule has 0 bridgehead atoms. The molecule has 2 heteroatoms. The van der Waals surface area contributed by atoms with E-state index in [1.54, 1.807) is 0 Å². The van der Waals surface area contributed by atoms with Crippen molar-refractivity contribution in [2.24, 2.45) is 17.6 Å². The molecule has 0 radical (unpaired) electrons. The largest absolute Gasteiger partial charge is 0.329 e. The molecule has 2 N–H and O–H groups in total. The van der Waals surface area contributed by atoms with Crippen molar-refractivity contribution in [3.05, 3.63) is 0 Å². The van der Waals surface area contributed by atoms with Crippen molar-refractivity contribution in [1.82, 2.24) is 4.90 Å². The maximum Gasteiger partial charge on any atom is 0.0328 e. The Morgan fingerprint density at radius 1 is 1.12 bits per heavy atom. The van der Waals surface area contributed by atoms with Crippen molar-refractivity contribution in [3.8, 4) is 0 Å². The number of likely N-dealkylation sites (N-methyl/N-ethyl adjacent to an activating group) is 1. The van der Waals surface area contributed by atoms with Gasteiger partial charge in [-0.15, -0.1) is 0 Å². The number of hydrogen-bond donors (Lipinski definition) is 1. The zero-order valence-electron chi connectivity index (χ0n) is 11.0. The van der Waals surface area contributed by atoms with E-state index in [1.165, 1.54) is 51.5 Å². The Bertz CT molecular complexity index is 219. The van der Waals surface area contributed by atoms with Gasteiger partial charge in [0.05, 0.1) is 0 Å². The van der Waals surface area contributed by atoms with E-state index < -0.39 is 0 Å². The van der Waals surface area contributed by atoms with Gasteiger partial charge < -0.3 is 5.73 Å². The Labute approximate surface area is 101 Å². The monoisotopic (exact) mass is 224 g/mol. The van der Waals surface area contributed by atoms with Crippen molar-refractivity contribution in [1.29, 1.82) is 0 Å². The second-order valence-corrected chi connectivity index (χ2v) is 6.22. The molecule has 1 atom stereocenters. The highest BCUT2D eigenvalue weighted by molar-refractivity contribution is 4.99. The summed E-state index contributed by atoms with van der Waals surface area (Å²) >= 11 is 0. The lowest BCUT2D eigenvalue weighted by Gasteiger charge is -2.41. The molecular formula is C14H28N2. The maximum atomic E-state index is 6.01. The minimum absolute atomic E-state index is 0.275. The van der Waals surface area contributed by atoms with Crippen LogP contribution in [0, 0.1) is 11.8 Å². The lowest BCUT2D eigenvalue weighted by atomic mass is 9.86. The third-order valence-corrected chi connectivity index (χ3v) is 5.00. The Morgan fingerprint density at radius 3 is 2.25 bits per heavy atom. The fourth-order valence-electron chi connectivity index (χ4n) is 3.30. The van der Waals surface area contributed by atoms with Gasteiger partial charge in [0.1, 0.15) is 0 Å². The minimum Gasteiger partial charge on any atom is -0.329 e. The molecule has 0 spiro atoms. The lowest BCUT2D eigenvalue weighted by molar-refractivity contribution is 0.0913. The van der Waals surface area contributed by atoms with Crippen LogP contribution in [-0.2, 0) is 0 Å². The van der Waals surface area contributed by atoms with Gasteiger partial charge in [0, 0.05) is 18.6 Å². The number of rotatable bonds is 5. The summed E-state index contributed by atoms with van der Waals surface area (Å²) in [6.45, 7) is 4.46. The van der Waals surface area contributed by atoms with Crippen LogP contribution < -0.4 is 5.73 Å². The molecule has 2 nitrogen and oxygen atoms in total. The smallest absolute Gasteiger partial charge is 0.0328 e. The molecule has 2 aliphatic carbocycles. The van der Waals surface area contributed by atoms with Gasteiger partial charge in [0.25, 0.3) is 0 Å². The fraction of sp³-hybridized carbons (Fsp3) is 1.00. The highest BCUT2D eigenvalue weighted by Gasteiger charge is 2.43. The Balaban J connectivity index is 1.87. The molecule has 94 valence electrons. The van der Waals surface area contributed by atoms with Crippen molar-refractivity contribution in [3.63, 3.8) is 0 Å². The topological polar surface area (TPSA) is 29.3 Å². The van der Waals surface area contributed by atoms with Crippen molar-refractivity contribution >= 4 is 0 Å². The van der Waals surface area contributed by atoms with Gasteiger partial charge in [0.15, 0.2) is 0 Å². The first-order chi connectivity index (χ1) is 7.66.